The van der Waals surface area contributed by atoms with Crippen LogP contribution in [0.25, 0.3) is 0 Å². The van der Waals surface area contributed by atoms with Gasteiger partial charge in [0.15, 0.2) is 0 Å². The van der Waals surface area contributed by atoms with E-state index in [2.05, 4.69) is 20.8 Å². The molecule has 0 rings (SSSR count). The quantitative estimate of drug-likeness (QED) is 0.322. The zero-order valence-corrected chi connectivity index (χ0v) is 14.3. The van der Waals surface area contributed by atoms with E-state index in [1.807, 2.05) is 0 Å². The molecule has 0 amide bonds. The largest absolute Gasteiger partial charge is 0.197 e. The van der Waals surface area contributed by atoms with Crippen LogP contribution in [0.3, 0.4) is 0 Å². The zero-order chi connectivity index (χ0) is 12.8. The fourth-order valence-corrected chi connectivity index (χ4v) is 2.51. The normalized spacial score (nSPS) is 12.2. The van der Waals surface area contributed by atoms with Crippen molar-refractivity contribution in [2.45, 2.75) is 104 Å². The minimum absolute atomic E-state index is 0. The van der Waals surface area contributed by atoms with Crippen molar-refractivity contribution in [3.63, 3.8) is 0 Å². The van der Waals surface area contributed by atoms with Crippen molar-refractivity contribution in [1.82, 2.24) is 0 Å². The molecule has 0 bridgehead atoms. The molecular formula is C17H38S. The van der Waals surface area contributed by atoms with E-state index in [4.69, 9.17) is 0 Å². The molecule has 0 spiro atoms. The summed E-state index contributed by atoms with van der Waals surface area (Å²) >= 11 is 0. The molecule has 0 aliphatic carbocycles. The second-order valence-electron chi connectivity index (χ2n) is 5.86. The maximum atomic E-state index is 2.45. The van der Waals surface area contributed by atoms with Gasteiger partial charge < -0.3 is 0 Å². The molecule has 0 saturated carbocycles. The van der Waals surface area contributed by atoms with Crippen molar-refractivity contribution >= 4 is 13.5 Å². The van der Waals surface area contributed by atoms with Gasteiger partial charge in [0.25, 0.3) is 0 Å². The molecule has 1 heteroatoms. The molecule has 0 nitrogen and oxygen atoms in total. The monoisotopic (exact) mass is 274 g/mol. The van der Waals surface area contributed by atoms with Crippen LogP contribution in [-0.4, -0.2) is 0 Å². The number of hydrogen-bond donors (Lipinski definition) is 0. The third-order valence-electron chi connectivity index (χ3n) is 3.85. The fraction of sp³-hybridized carbons (Fsp3) is 1.00. The zero-order valence-electron chi connectivity index (χ0n) is 13.3. The Bertz CT molecular complexity index is 134. The highest BCUT2D eigenvalue weighted by atomic mass is 32.1. The van der Waals surface area contributed by atoms with Crippen molar-refractivity contribution < 1.29 is 0 Å². The van der Waals surface area contributed by atoms with E-state index in [-0.39, 0.29) is 13.5 Å². The molecule has 0 aromatic heterocycles. The van der Waals surface area contributed by atoms with Crippen molar-refractivity contribution in [3.8, 4) is 0 Å². The molecule has 1 atom stereocenters. The molecular weight excluding hydrogens is 236 g/mol. The molecule has 0 heterocycles. The minimum Gasteiger partial charge on any atom is -0.197 e. The molecule has 18 heavy (non-hydrogen) atoms. The molecule has 112 valence electrons. The first-order valence-corrected chi connectivity index (χ1v) is 8.31. The van der Waals surface area contributed by atoms with Gasteiger partial charge in [0.05, 0.1) is 0 Å². The van der Waals surface area contributed by atoms with Gasteiger partial charge in [-0.2, -0.15) is 13.5 Å². The van der Waals surface area contributed by atoms with Gasteiger partial charge >= 0.3 is 0 Å². The van der Waals surface area contributed by atoms with Gasteiger partial charge in [0, 0.05) is 0 Å². The first-order valence-electron chi connectivity index (χ1n) is 8.31. The molecule has 0 aromatic carbocycles. The minimum atomic E-state index is 0. The van der Waals surface area contributed by atoms with E-state index >= 15 is 0 Å². The van der Waals surface area contributed by atoms with E-state index in [0.29, 0.717) is 0 Å². The number of unbranched alkanes of at least 4 members (excludes halogenated alkanes) is 9. The summed E-state index contributed by atoms with van der Waals surface area (Å²) in [4.78, 5) is 0. The molecule has 1 unspecified atom stereocenters. The standard InChI is InChI=1S/C17H36.H2S/c1-4-6-8-10-11-12-14-16-17(3)15-13-9-7-5-2;/h17H,4-16H2,1-3H3;1H2. The fourth-order valence-electron chi connectivity index (χ4n) is 2.51. The topological polar surface area (TPSA) is 0 Å². The second-order valence-corrected chi connectivity index (χ2v) is 5.86. The van der Waals surface area contributed by atoms with Gasteiger partial charge in [-0.05, 0) is 5.92 Å². The summed E-state index contributed by atoms with van der Waals surface area (Å²) in [5.41, 5.74) is 0. The first-order chi connectivity index (χ1) is 8.31. The summed E-state index contributed by atoms with van der Waals surface area (Å²) in [5, 5.41) is 0. The summed E-state index contributed by atoms with van der Waals surface area (Å²) in [7, 11) is 0. The van der Waals surface area contributed by atoms with Gasteiger partial charge in [-0.3, -0.25) is 0 Å². The van der Waals surface area contributed by atoms with E-state index in [0.717, 1.165) is 5.92 Å². The Morgan fingerprint density at radius 2 is 0.889 bits per heavy atom. The van der Waals surface area contributed by atoms with Crippen molar-refractivity contribution in [1.29, 1.82) is 0 Å². The summed E-state index contributed by atoms with van der Waals surface area (Å²) in [6.45, 7) is 7.03. The van der Waals surface area contributed by atoms with E-state index in [1.165, 1.54) is 83.5 Å². The van der Waals surface area contributed by atoms with Crippen molar-refractivity contribution in [2.75, 3.05) is 0 Å². The molecule has 0 N–H and O–H groups in total. The molecule has 0 fully saturated rings. The molecule has 0 aromatic rings. The van der Waals surface area contributed by atoms with Crippen LogP contribution in [0.1, 0.15) is 104 Å². The number of hydrogen-bond acceptors (Lipinski definition) is 0. The van der Waals surface area contributed by atoms with E-state index < -0.39 is 0 Å². The molecule has 0 aliphatic rings. The van der Waals surface area contributed by atoms with Crippen molar-refractivity contribution in [2.24, 2.45) is 5.92 Å². The number of rotatable bonds is 13. The summed E-state index contributed by atoms with van der Waals surface area (Å²) < 4.78 is 0. The van der Waals surface area contributed by atoms with Crippen molar-refractivity contribution in [3.05, 3.63) is 0 Å². The van der Waals surface area contributed by atoms with E-state index in [1.54, 1.807) is 0 Å². The summed E-state index contributed by atoms with van der Waals surface area (Å²) in [6, 6.07) is 0. The Labute approximate surface area is 124 Å². The van der Waals surface area contributed by atoms with Gasteiger partial charge in [0.1, 0.15) is 0 Å². The predicted octanol–water partition coefficient (Wildman–Crippen LogP) is 6.85. The Balaban J connectivity index is 0. The Morgan fingerprint density at radius 3 is 1.33 bits per heavy atom. The van der Waals surface area contributed by atoms with Crippen LogP contribution in [0.4, 0.5) is 0 Å². The molecule has 0 radical (unpaired) electrons. The van der Waals surface area contributed by atoms with Gasteiger partial charge in [-0.25, -0.2) is 0 Å². The lowest BCUT2D eigenvalue weighted by Gasteiger charge is -2.10. The van der Waals surface area contributed by atoms with Crippen LogP contribution in [0.15, 0.2) is 0 Å². The Morgan fingerprint density at radius 1 is 0.556 bits per heavy atom. The average molecular weight is 275 g/mol. The second kappa shape index (κ2) is 17.4. The highest BCUT2D eigenvalue weighted by molar-refractivity contribution is 7.59. The van der Waals surface area contributed by atoms with Gasteiger partial charge in [-0.15, -0.1) is 0 Å². The Kier molecular flexibility index (Phi) is 19.9. The maximum Gasteiger partial charge on any atom is -0.0443 e. The van der Waals surface area contributed by atoms with Crippen LogP contribution < -0.4 is 0 Å². The van der Waals surface area contributed by atoms with Crippen LogP contribution in [0, 0.1) is 5.92 Å². The third kappa shape index (κ3) is 16.4. The van der Waals surface area contributed by atoms with Gasteiger partial charge in [-0.1, -0.05) is 104 Å². The predicted molar refractivity (Wildman–Crippen MR) is 90.9 cm³/mol. The average Bonchev–Trinajstić information content (AvgIpc) is 2.33. The van der Waals surface area contributed by atoms with Gasteiger partial charge in [0.2, 0.25) is 0 Å². The lowest BCUT2D eigenvalue weighted by atomic mass is 9.96. The maximum absolute atomic E-state index is 2.45. The lowest BCUT2D eigenvalue weighted by Crippen LogP contribution is -1.95. The first kappa shape index (κ1) is 20.7. The van der Waals surface area contributed by atoms with E-state index in [9.17, 15) is 0 Å². The summed E-state index contributed by atoms with van der Waals surface area (Å²) in [6.07, 6.45) is 18.8. The van der Waals surface area contributed by atoms with Crippen LogP contribution in [-0.2, 0) is 0 Å². The SMILES string of the molecule is CCCCCCCCCC(C)CCCCCC.S. The highest BCUT2D eigenvalue weighted by Gasteiger charge is 2.01. The lowest BCUT2D eigenvalue weighted by molar-refractivity contribution is 0.433. The highest BCUT2D eigenvalue weighted by Crippen LogP contribution is 2.17. The van der Waals surface area contributed by atoms with Crippen LogP contribution >= 0.6 is 13.5 Å². The third-order valence-corrected chi connectivity index (χ3v) is 3.85. The van der Waals surface area contributed by atoms with Crippen LogP contribution in [0.2, 0.25) is 0 Å². The van der Waals surface area contributed by atoms with Crippen LogP contribution in [0.5, 0.6) is 0 Å². The Hall–Kier alpha value is 0.350. The summed E-state index contributed by atoms with van der Waals surface area (Å²) in [5.74, 6) is 0.975. The smallest absolute Gasteiger partial charge is 0.0443 e. The molecule has 0 aliphatic heterocycles. The molecule has 0 saturated heterocycles.